The number of hydrogen-bond donors (Lipinski definition) is 0. The molecule has 1 aliphatic rings. The number of benzene rings is 1. The number of ether oxygens (including phenoxy) is 1. The molecular formula is C26H27F2N3O4. The van der Waals surface area contributed by atoms with Gasteiger partial charge in [-0.3, -0.25) is 14.6 Å². The Morgan fingerprint density at radius 3 is 2.54 bits per heavy atom. The molecular weight excluding hydrogens is 456 g/mol. The first-order valence-corrected chi connectivity index (χ1v) is 11.4. The fourth-order valence-corrected chi connectivity index (χ4v) is 4.35. The van der Waals surface area contributed by atoms with Gasteiger partial charge in [0.05, 0.1) is 29.6 Å². The van der Waals surface area contributed by atoms with Gasteiger partial charge in [-0.25, -0.2) is 0 Å². The maximum Gasteiger partial charge on any atom is 0.387 e. The predicted octanol–water partition coefficient (Wildman–Crippen LogP) is 4.88. The molecule has 7 nitrogen and oxygen atoms in total. The van der Waals surface area contributed by atoms with Crippen LogP contribution >= 0.6 is 0 Å². The molecule has 0 aliphatic carbocycles. The molecule has 0 saturated carbocycles. The van der Waals surface area contributed by atoms with Crippen LogP contribution in [0.3, 0.4) is 0 Å². The highest BCUT2D eigenvalue weighted by atomic mass is 19.3. The molecule has 4 rings (SSSR count). The third-order valence-corrected chi connectivity index (χ3v) is 6.12. The molecule has 0 unspecified atom stereocenters. The third-order valence-electron chi connectivity index (χ3n) is 6.12. The minimum atomic E-state index is -3.01. The number of amides is 2. The number of rotatable bonds is 7. The molecule has 2 amide bonds. The molecule has 3 aromatic rings. The van der Waals surface area contributed by atoms with Crippen molar-refractivity contribution in [3.63, 3.8) is 0 Å². The summed E-state index contributed by atoms with van der Waals surface area (Å²) in [5.74, 6) is 0.0298. The van der Waals surface area contributed by atoms with Crippen LogP contribution in [0, 0.1) is 6.92 Å². The summed E-state index contributed by atoms with van der Waals surface area (Å²) in [6.45, 7) is 0.0365. The van der Waals surface area contributed by atoms with E-state index in [1.807, 2.05) is 19.1 Å². The first-order chi connectivity index (χ1) is 16.8. The normalized spacial score (nSPS) is 14.3. The van der Waals surface area contributed by atoms with Crippen molar-refractivity contribution in [2.75, 3.05) is 20.1 Å². The van der Waals surface area contributed by atoms with Gasteiger partial charge in [0.15, 0.2) is 0 Å². The lowest BCUT2D eigenvalue weighted by Crippen LogP contribution is -2.39. The van der Waals surface area contributed by atoms with Crippen molar-refractivity contribution in [3.8, 4) is 5.75 Å². The van der Waals surface area contributed by atoms with Gasteiger partial charge in [-0.15, -0.1) is 0 Å². The molecule has 184 valence electrons. The minimum Gasteiger partial charge on any atom is -0.467 e. The van der Waals surface area contributed by atoms with Crippen molar-refractivity contribution in [1.82, 2.24) is 14.8 Å². The van der Waals surface area contributed by atoms with Gasteiger partial charge in [-0.2, -0.15) is 8.78 Å². The number of hydrogen-bond acceptors (Lipinski definition) is 5. The summed E-state index contributed by atoms with van der Waals surface area (Å²) in [6.07, 6.45) is 2.77. The Balaban J connectivity index is 1.47. The molecule has 9 heteroatoms. The maximum absolute atomic E-state index is 13.2. The number of aryl methyl sites for hydroxylation is 1. The maximum atomic E-state index is 13.2. The van der Waals surface area contributed by atoms with E-state index < -0.39 is 6.61 Å². The zero-order chi connectivity index (χ0) is 24.9. The summed E-state index contributed by atoms with van der Waals surface area (Å²) >= 11 is 0. The second-order valence-electron chi connectivity index (χ2n) is 8.57. The Kier molecular flexibility index (Phi) is 7.43. The lowest BCUT2D eigenvalue weighted by Gasteiger charge is -2.33. The number of carbonyl (C=O) groups is 2. The number of carbonyl (C=O) groups excluding carboxylic acids is 2. The van der Waals surface area contributed by atoms with E-state index in [1.54, 1.807) is 47.4 Å². The van der Waals surface area contributed by atoms with E-state index in [-0.39, 0.29) is 29.0 Å². The van der Waals surface area contributed by atoms with Crippen LogP contribution in [-0.4, -0.2) is 53.3 Å². The molecule has 1 aliphatic heterocycles. The van der Waals surface area contributed by atoms with Gasteiger partial charge >= 0.3 is 6.61 Å². The Hall–Kier alpha value is -3.75. The molecule has 0 N–H and O–H groups in total. The summed E-state index contributed by atoms with van der Waals surface area (Å²) in [6, 6.07) is 13.2. The van der Waals surface area contributed by atoms with Crippen LogP contribution in [0.4, 0.5) is 8.78 Å². The Labute approximate surface area is 202 Å². The third kappa shape index (κ3) is 5.67. The molecule has 1 saturated heterocycles. The molecule has 2 aromatic heterocycles. The van der Waals surface area contributed by atoms with Gasteiger partial charge in [-0.05, 0) is 56.2 Å². The van der Waals surface area contributed by atoms with E-state index in [4.69, 9.17) is 9.40 Å². The number of alkyl halides is 2. The second-order valence-corrected chi connectivity index (χ2v) is 8.57. The first kappa shape index (κ1) is 24.4. The molecule has 0 atom stereocenters. The van der Waals surface area contributed by atoms with Crippen molar-refractivity contribution >= 4 is 11.8 Å². The van der Waals surface area contributed by atoms with Gasteiger partial charge in [0.25, 0.3) is 11.8 Å². The molecule has 3 heterocycles. The minimum absolute atomic E-state index is 0.0116. The number of likely N-dealkylation sites (tertiary alicyclic amines) is 1. The van der Waals surface area contributed by atoms with E-state index in [2.05, 4.69) is 4.74 Å². The fourth-order valence-electron chi connectivity index (χ4n) is 4.35. The summed E-state index contributed by atoms with van der Waals surface area (Å²) in [5.41, 5.74) is 2.16. The van der Waals surface area contributed by atoms with Gasteiger partial charge in [0.2, 0.25) is 0 Å². The van der Waals surface area contributed by atoms with Crippen LogP contribution in [0.1, 0.15) is 56.6 Å². The van der Waals surface area contributed by atoms with Crippen LogP contribution < -0.4 is 4.74 Å². The molecule has 35 heavy (non-hydrogen) atoms. The largest absolute Gasteiger partial charge is 0.467 e. The quantitative estimate of drug-likeness (QED) is 0.479. The van der Waals surface area contributed by atoms with Crippen LogP contribution in [0.25, 0.3) is 0 Å². The van der Waals surface area contributed by atoms with Crippen molar-refractivity contribution in [2.45, 2.75) is 38.8 Å². The van der Waals surface area contributed by atoms with Crippen molar-refractivity contribution in [1.29, 1.82) is 0 Å². The average Bonchev–Trinajstić information content (AvgIpc) is 3.36. The van der Waals surface area contributed by atoms with E-state index in [9.17, 15) is 18.4 Å². The Bertz CT molecular complexity index is 1180. The second kappa shape index (κ2) is 10.7. The number of aromatic nitrogens is 1. The summed E-state index contributed by atoms with van der Waals surface area (Å²) in [7, 11) is 1.72. The van der Waals surface area contributed by atoms with Gasteiger partial charge in [0.1, 0.15) is 11.5 Å². The highest BCUT2D eigenvalue weighted by Crippen LogP contribution is 2.32. The van der Waals surface area contributed by atoms with Crippen LogP contribution in [0.2, 0.25) is 0 Å². The smallest absolute Gasteiger partial charge is 0.387 e. The van der Waals surface area contributed by atoms with Gasteiger partial charge < -0.3 is 19.0 Å². The number of halogens is 2. The molecule has 0 spiro atoms. The van der Waals surface area contributed by atoms with Crippen molar-refractivity contribution < 1.29 is 27.5 Å². The number of pyridine rings is 1. The predicted molar refractivity (Wildman–Crippen MR) is 124 cm³/mol. The number of nitrogens with zero attached hydrogens (tertiary/aromatic N) is 3. The van der Waals surface area contributed by atoms with Crippen molar-refractivity contribution in [2.24, 2.45) is 0 Å². The molecule has 1 fully saturated rings. The van der Waals surface area contributed by atoms with Crippen LogP contribution in [-0.2, 0) is 6.54 Å². The highest BCUT2D eigenvalue weighted by molar-refractivity contribution is 5.97. The lowest BCUT2D eigenvalue weighted by atomic mass is 9.89. The van der Waals surface area contributed by atoms with E-state index in [0.717, 1.165) is 11.4 Å². The van der Waals surface area contributed by atoms with E-state index in [1.165, 1.54) is 12.1 Å². The standard InChI is InChI=1S/C26H27F2N3O4/c1-17-9-10-21(24(32)30(2)16-19-6-5-15-34-19)23(29-17)18-11-13-31(14-12-18)25(33)20-7-3-4-8-22(20)35-26(27)28/h3-10,15,18,26H,11-14,16H2,1-2H3. The Morgan fingerprint density at radius 1 is 1.11 bits per heavy atom. The number of piperidine rings is 1. The number of furan rings is 1. The summed E-state index contributed by atoms with van der Waals surface area (Å²) in [5, 5.41) is 0. The molecule has 0 bridgehead atoms. The summed E-state index contributed by atoms with van der Waals surface area (Å²) < 4.78 is 35.4. The average molecular weight is 484 g/mol. The van der Waals surface area contributed by atoms with Crippen LogP contribution in [0.5, 0.6) is 5.75 Å². The number of para-hydroxylation sites is 1. The lowest BCUT2D eigenvalue weighted by molar-refractivity contribution is -0.0503. The SMILES string of the molecule is Cc1ccc(C(=O)N(C)Cc2ccco2)c(C2CCN(C(=O)c3ccccc3OC(F)F)CC2)n1. The Morgan fingerprint density at radius 2 is 1.86 bits per heavy atom. The summed E-state index contributed by atoms with van der Waals surface area (Å²) in [4.78, 5) is 34.2. The first-order valence-electron chi connectivity index (χ1n) is 11.4. The monoisotopic (exact) mass is 483 g/mol. The van der Waals surface area contributed by atoms with Crippen LogP contribution in [0.15, 0.2) is 59.2 Å². The highest BCUT2D eigenvalue weighted by Gasteiger charge is 2.30. The van der Waals surface area contributed by atoms with E-state index >= 15 is 0 Å². The zero-order valence-corrected chi connectivity index (χ0v) is 19.6. The topological polar surface area (TPSA) is 75.9 Å². The fraction of sp³-hybridized carbons (Fsp3) is 0.346. The van der Waals surface area contributed by atoms with Gasteiger partial charge in [-0.1, -0.05) is 12.1 Å². The molecule has 0 radical (unpaired) electrons. The van der Waals surface area contributed by atoms with Gasteiger partial charge in [0, 0.05) is 31.7 Å². The molecule has 1 aromatic carbocycles. The zero-order valence-electron chi connectivity index (χ0n) is 19.6. The van der Waals surface area contributed by atoms with Crippen molar-refractivity contribution in [3.05, 3.63) is 83.1 Å². The van der Waals surface area contributed by atoms with E-state index in [0.29, 0.717) is 43.8 Å².